The van der Waals surface area contributed by atoms with Crippen molar-refractivity contribution in [2.24, 2.45) is 0 Å². The van der Waals surface area contributed by atoms with Crippen LogP contribution in [0.5, 0.6) is 17.2 Å². The normalized spacial score (nSPS) is 19.2. The van der Waals surface area contributed by atoms with Gasteiger partial charge in [0, 0.05) is 30.9 Å². The number of fused-ring (bicyclic) bond motifs is 2. The second kappa shape index (κ2) is 13.5. The molecule has 0 fully saturated rings. The first kappa shape index (κ1) is 30.0. The van der Waals surface area contributed by atoms with Gasteiger partial charge in [0.15, 0.2) is 17.3 Å². The van der Waals surface area contributed by atoms with Crippen LogP contribution in [0.4, 0.5) is 0 Å². The van der Waals surface area contributed by atoms with Crippen LogP contribution < -0.4 is 14.2 Å². The van der Waals surface area contributed by atoms with Crippen LogP contribution in [0, 0.1) is 0 Å². The largest absolute Gasteiger partial charge is 0.497 e. The highest BCUT2D eigenvalue weighted by Gasteiger charge is 2.50. The van der Waals surface area contributed by atoms with Gasteiger partial charge in [-0.1, -0.05) is 19.1 Å². The molecule has 0 radical (unpaired) electrons. The number of cyclic esters (lactones) is 1. The third kappa shape index (κ3) is 6.39. The van der Waals surface area contributed by atoms with Crippen molar-refractivity contribution in [3.05, 3.63) is 64.3 Å². The van der Waals surface area contributed by atoms with E-state index in [-0.39, 0.29) is 30.4 Å². The van der Waals surface area contributed by atoms with E-state index < -0.39 is 10.9 Å². The zero-order chi connectivity index (χ0) is 28.6. The smallest absolute Gasteiger partial charge is 0.338 e. The molecule has 2 aliphatic heterocycles. The number of thioether (sulfide) groups is 1. The summed E-state index contributed by atoms with van der Waals surface area (Å²) < 4.78 is 31.8. The molecule has 2 aliphatic rings. The Morgan fingerprint density at radius 1 is 0.974 bits per heavy atom. The van der Waals surface area contributed by atoms with Crippen molar-refractivity contribution < 1.29 is 42.8 Å². The van der Waals surface area contributed by atoms with Gasteiger partial charge < -0.3 is 28.4 Å². The Labute approximate surface area is 232 Å². The molecule has 2 bridgehead atoms. The number of benzene rings is 2. The topological polar surface area (TPSA) is 107 Å². The SMILES string of the molecule is CCC1(OC)C(OC)=CSC1C(=O)CCC(=O)c1cc(OC)c(OC)c(OC)c1.O=C1OCc2cccc1c2. The second-order valence-corrected chi connectivity index (χ2v) is 9.71. The molecule has 0 saturated carbocycles. The van der Waals surface area contributed by atoms with Crippen LogP contribution in [0.15, 0.2) is 47.6 Å². The number of carbonyl (C=O) groups excluding carboxylic acids is 3. The lowest BCUT2D eigenvalue weighted by atomic mass is 9.89. The van der Waals surface area contributed by atoms with Crippen molar-refractivity contribution in [2.45, 2.75) is 43.6 Å². The molecule has 10 heteroatoms. The fraction of sp³-hybridized carbons (Fsp3) is 0.414. The standard InChI is InChI=1S/C21H28O7S.C8H6O2/c1-7-21(28-6)18(26-4)12-29-20(21)15(23)9-8-14(22)13-10-16(24-2)19(27-5)17(11-13)25-3;9-8-7-3-1-2-6(4-7)5-10-8/h10-12,20H,7-9H2,1-6H3;1-4H,5H2. The van der Waals surface area contributed by atoms with Gasteiger partial charge in [0.25, 0.3) is 0 Å². The van der Waals surface area contributed by atoms with E-state index in [0.717, 1.165) is 5.56 Å². The summed E-state index contributed by atoms with van der Waals surface area (Å²) >= 11 is 1.37. The Balaban J connectivity index is 0.000000346. The minimum atomic E-state index is -0.800. The van der Waals surface area contributed by atoms with Crippen LogP contribution in [0.2, 0.25) is 0 Å². The van der Waals surface area contributed by atoms with Gasteiger partial charge >= 0.3 is 5.97 Å². The summed E-state index contributed by atoms with van der Waals surface area (Å²) in [5, 5.41) is 1.37. The molecule has 2 heterocycles. The molecule has 4 rings (SSSR count). The predicted molar refractivity (Wildman–Crippen MR) is 147 cm³/mol. The first-order chi connectivity index (χ1) is 18.8. The Morgan fingerprint density at radius 3 is 2.21 bits per heavy atom. The Bertz CT molecular complexity index is 1210. The number of rotatable bonds is 11. The molecule has 2 unspecified atom stereocenters. The maximum atomic E-state index is 12.9. The number of Topliss-reactive ketones (excluding diaryl/α,β-unsaturated/α-hetero) is 2. The minimum absolute atomic E-state index is 0.0530. The average Bonchev–Trinajstić information content (AvgIpc) is 3.36. The van der Waals surface area contributed by atoms with E-state index in [2.05, 4.69) is 0 Å². The summed E-state index contributed by atoms with van der Waals surface area (Å²) in [5.74, 6) is 1.39. The van der Waals surface area contributed by atoms with Crippen molar-refractivity contribution in [3.63, 3.8) is 0 Å². The molecule has 9 nitrogen and oxygen atoms in total. The quantitative estimate of drug-likeness (QED) is 0.276. The zero-order valence-corrected chi connectivity index (χ0v) is 23.8. The van der Waals surface area contributed by atoms with Crippen LogP contribution in [0.3, 0.4) is 0 Å². The fourth-order valence-electron chi connectivity index (χ4n) is 4.51. The van der Waals surface area contributed by atoms with E-state index in [9.17, 15) is 14.4 Å². The molecule has 2 aromatic rings. The van der Waals surface area contributed by atoms with Gasteiger partial charge in [-0.15, -0.1) is 11.8 Å². The lowest BCUT2D eigenvalue weighted by Crippen LogP contribution is -2.45. The lowest BCUT2D eigenvalue weighted by Gasteiger charge is -2.33. The lowest BCUT2D eigenvalue weighted by molar-refractivity contribution is -0.124. The van der Waals surface area contributed by atoms with E-state index in [1.165, 1.54) is 33.1 Å². The summed E-state index contributed by atoms with van der Waals surface area (Å²) in [7, 11) is 7.61. The molecule has 0 N–H and O–H groups in total. The van der Waals surface area contributed by atoms with E-state index >= 15 is 0 Å². The van der Waals surface area contributed by atoms with E-state index in [1.807, 2.05) is 30.5 Å². The van der Waals surface area contributed by atoms with E-state index in [0.29, 0.717) is 47.2 Å². The first-order valence-electron chi connectivity index (χ1n) is 12.4. The van der Waals surface area contributed by atoms with Crippen LogP contribution in [0.1, 0.15) is 52.5 Å². The average molecular weight is 559 g/mol. The van der Waals surface area contributed by atoms with Crippen LogP contribution in [-0.4, -0.2) is 63.9 Å². The molecule has 0 aromatic heterocycles. The number of esters is 1. The van der Waals surface area contributed by atoms with Crippen molar-refractivity contribution in [1.29, 1.82) is 0 Å². The van der Waals surface area contributed by atoms with Crippen molar-refractivity contribution in [1.82, 2.24) is 0 Å². The Kier molecular flexibility index (Phi) is 10.4. The highest BCUT2D eigenvalue weighted by atomic mass is 32.2. The van der Waals surface area contributed by atoms with Crippen molar-refractivity contribution >= 4 is 29.3 Å². The number of ether oxygens (including phenoxy) is 6. The van der Waals surface area contributed by atoms with Gasteiger partial charge in [0.2, 0.25) is 5.75 Å². The Morgan fingerprint density at radius 2 is 1.67 bits per heavy atom. The monoisotopic (exact) mass is 558 g/mol. The molecular weight excluding hydrogens is 524 g/mol. The molecule has 210 valence electrons. The number of hydrogen-bond acceptors (Lipinski definition) is 10. The van der Waals surface area contributed by atoms with Gasteiger partial charge in [-0.25, -0.2) is 4.79 Å². The zero-order valence-electron chi connectivity index (χ0n) is 23.0. The number of ketones is 2. The van der Waals surface area contributed by atoms with Gasteiger partial charge in [-0.3, -0.25) is 9.59 Å². The summed E-state index contributed by atoms with van der Waals surface area (Å²) in [5.41, 5.74) is 1.32. The van der Waals surface area contributed by atoms with Crippen molar-refractivity contribution in [2.75, 3.05) is 35.5 Å². The predicted octanol–water partition coefficient (Wildman–Crippen LogP) is 5.00. The maximum Gasteiger partial charge on any atom is 0.338 e. The third-order valence-electron chi connectivity index (χ3n) is 6.67. The number of carbonyl (C=O) groups is 3. The van der Waals surface area contributed by atoms with Crippen LogP contribution in [0.25, 0.3) is 0 Å². The molecule has 0 spiro atoms. The summed E-state index contributed by atoms with van der Waals surface area (Å²) in [6.45, 7) is 2.37. The van der Waals surface area contributed by atoms with Gasteiger partial charge in [0.05, 0.1) is 34.0 Å². The number of hydrogen-bond donors (Lipinski definition) is 0. The summed E-state index contributed by atoms with van der Waals surface area (Å²) in [6, 6.07) is 10.6. The third-order valence-corrected chi connectivity index (χ3v) is 7.94. The highest BCUT2D eigenvalue weighted by Crippen LogP contribution is 2.45. The fourth-order valence-corrected chi connectivity index (χ4v) is 5.94. The number of methoxy groups -OCH3 is 5. The summed E-state index contributed by atoms with van der Waals surface area (Å²) in [4.78, 5) is 36.5. The molecule has 0 amide bonds. The van der Waals surface area contributed by atoms with Gasteiger partial charge in [0.1, 0.15) is 29.0 Å². The highest BCUT2D eigenvalue weighted by molar-refractivity contribution is 8.03. The molecule has 39 heavy (non-hydrogen) atoms. The molecular formula is C29H34O9S. The van der Waals surface area contributed by atoms with Crippen LogP contribution >= 0.6 is 11.8 Å². The first-order valence-corrected chi connectivity index (χ1v) is 13.3. The Hall–Kier alpha value is -3.50. The van der Waals surface area contributed by atoms with Gasteiger partial charge in [-0.2, -0.15) is 0 Å². The maximum absolute atomic E-state index is 12.9. The minimum Gasteiger partial charge on any atom is -0.497 e. The second-order valence-electron chi connectivity index (χ2n) is 8.73. The molecule has 2 atom stereocenters. The van der Waals surface area contributed by atoms with Crippen molar-refractivity contribution in [3.8, 4) is 17.2 Å². The molecule has 0 aliphatic carbocycles. The molecule has 2 aromatic carbocycles. The molecule has 0 saturated heterocycles. The summed E-state index contributed by atoms with van der Waals surface area (Å²) in [6.07, 6.45) is 0.761. The van der Waals surface area contributed by atoms with Gasteiger partial charge in [-0.05, 0) is 36.2 Å². The van der Waals surface area contributed by atoms with Crippen LogP contribution in [-0.2, 0) is 25.6 Å². The van der Waals surface area contributed by atoms with E-state index in [1.54, 1.807) is 32.4 Å². The van der Waals surface area contributed by atoms with E-state index in [4.69, 9.17) is 28.4 Å².